The molecule has 7 nitrogen and oxygen atoms in total. The Morgan fingerprint density at radius 2 is 2.20 bits per heavy atom. The molecule has 2 fully saturated rings. The first-order valence-electron chi connectivity index (χ1n) is 9.15. The van der Waals surface area contributed by atoms with Crippen molar-refractivity contribution in [2.45, 2.75) is 58.1 Å². The van der Waals surface area contributed by atoms with Gasteiger partial charge in [-0.25, -0.2) is 0 Å². The van der Waals surface area contributed by atoms with Crippen molar-refractivity contribution >= 4 is 11.9 Å². The zero-order chi connectivity index (χ0) is 18.1. The number of ether oxygens (including phenoxy) is 2. The Balaban J connectivity index is 1.87. The standard InChI is InChI=1S/C18H25NO6/c1-3-4-7-24-18(21)16-13-6-5-12(19(22)23)8-11(13)9-14-15(16)10(2)25-17(14)20/h9-10,12-16H,3-8H2,1-2H3/t10-,12-,13-,14-,15-,16+/m1/s1. The van der Waals surface area contributed by atoms with E-state index in [-0.39, 0.29) is 34.8 Å². The van der Waals surface area contributed by atoms with E-state index in [0.717, 1.165) is 18.4 Å². The van der Waals surface area contributed by atoms with Gasteiger partial charge in [0.1, 0.15) is 6.10 Å². The highest BCUT2D eigenvalue weighted by molar-refractivity contribution is 5.82. The number of hydrogen-bond acceptors (Lipinski definition) is 6. The molecular weight excluding hydrogens is 326 g/mol. The number of fused-ring (bicyclic) bond motifs is 2. The molecule has 0 spiro atoms. The third-order valence-electron chi connectivity index (χ3n) is 5.84. The predicted molar refractivity (Wildman–Crippen MR) is 88.1 cm³/mol. The maximum atomic E-state index is 12.8. The summed E-state index contributed by atoms with van der Waals surface area (Å²) in [5.74, 6) is -1.88. The summed E-state index contributed by atoms with van der Waals surface area (Å²) in [5, 5.41) is 11.2. The van der Waals surface area contributed by atoms with E-state index in [9.17, 15) is 19.7 Å². The van der Waals surface area contributed by atoms with Gasteiger partial charge in [-0.2, -0.15) is 0 Å². The summed E-state index contributed by atoms with van der Waals surface area (Å²) in [6.07, 6.45) is 4.57. The lowest BCUT2D eigenvalue weighted by molar-refractivity contribution is -0.524. The molecule has 0 aromatic heterocycles. The fraction of sp³-hybridized carbons (Fsp3) is 0.778. The molecule has 25 heavy (non-hydrogen) atoms. The van der Waals surface area contributed by atoms with Crippen molar-refractivity contribution in [1.29, 1.82) is 0 Å². The van der Waals surface area contributed by atoms with E-state index in [1.165, 1.54) is 0 Å². The molecule has 0 N–H and O–H groups in total. The van der Waals surface area contributed by atoms with Gasteiger partial charge in [-0.15, -0.1) is 0 Å². The first-order valence-corrected chi connectivity index (χ1v) is 9.15. The number of nitrogens with zero attached hydrogens (tertiary/aromatic N) is 1. The van der Waals surface area contributed by atoms with Gasteiger partial charge in [0.2, 0.25) is 6.04 Å². The smallest absolute Gasteiger partial charge is 0.313 e. The van der Waals surface area contributed by atoms with Gasteiger partial charge >= 0.3 is 11.9 Å². The van der Waals surface area contributed by atoms with Crippen LogP contribution in [0, 0.1) is 33.8 Å². The number of hydrogen-bond donors (Lipinski definition) is 0. The van der Waals surface area contributed by atoms with E-state index in [1.54, 1.807) is 0 Å². The summed E-state index contributed by atoms with van der Waals surface area (Å²) in [4.78, 5) is 35.9. The molecule has 1 saturated carbocycles. The molecule has 0 amide bonds. The Morgan fingerprint density at radius 1 is 1.44 bits per heavy atom. The SMILES string of the molecule is CCCCOC(=O)[C@@H]1[C@@H]2[C@@H](C)OC(=O)[C@@H]2C=C2C[C@H]([N+](=O)[O-])CC[C@H]21. The highest BCUT2D eigenvalue weighted by atomic mass is 16.6. The van der Waals surface area contributed by atoms with Gasteiger partial charge in [0.05, 0.1) is 18.4 Å². The monoisotopic (exact) mass is 351 g/mol. The summed E-state index contributed by atoms with van der Waals surface area (Å²) in [5.41, 5.74) is 0.859. The zero-order valence-corrected chi connectivity index (χ0v) is 14.7. The zero-order valence-electron chi connectivity index (χ0n) is 14.7. The van der Waals surface area contributed by atoms with Crippen LogP contribution < -0.4 is 0 Å². The van der Waals surface area contributed by atoms with Crippen LogP contribution in [0.2, 0.25) is 0 Å². The topological polar surface area (TPSA) is 95.7 Å². The molecule has 0 aromatic rings. The summed E-state index contributed by atoms with van der Waals surface area (Å²) in [7, 11) is 0. The third kappa shape index (κ3) is 3.28. The number of cyclic esters (lactones) is 1. The van der Waals surface area contributed by atoms with Crippen molar-refractivity contribution in [2.24, 2.45) is 23.7 Å². The van der Waals surface area contributed by atoms with Crippen molar-refractivity contribution in [3.05, 3.63) is 21.8 Å². The molecule has 3 aliphatic rings. The normalized spacial score (nSPS) is 36.7. The molecule has 1 aliphatic heterocycles. The fourth-order valence-electron chi connectivity index (χ4n) is 4.58. The first kappa shape index (κ1) is 17.9. The summed E-state index contributed by atoms with van der Waals surface area (Å²) in [6, 6.07) is -0.634. The summed E-state index contributed by atoms with van der Waals surface area (Å²) < 4.78 is 10.8. The lowest BCUT2D eigenvalue weighted by Crippen LogP contribution is -2.45. The molecule has 0 aromatic carbocycles. The molecule has 7 heteroatoms. The first-order chi connectivity index (χ1) is 11.9. The van der Waals surface area contributed by atoms with E-state index in [4.69, 9.17) is 9.47 Å². The minimum atomic E-state index is -0.634. The number of esters is 2. The van der Waals surface area contributed by atoms with E-state index in [0.29, 0.717) is 25.9 Å². The highest BCUT2D eigenvalue weighted by Gasteiger charge is 2.55. The van der Waals surface area contributed by atoms with E-state index < -0.39 is 17.9 Å². The Morgan fingerprint density at radius 3 is 2.88 bits per heavy atom. The van der Waals surface area contributed by atoms with Crippen LogP contribution in [0.3, 0.4) is 0 Å². The Bertz CT molecular complexity index is 600. The van der Waals surface area contributed by atoms with Crippen LogP contribution in [0.25, 0.3) is 0 Å². The Kier molecular flexibility index (Phi) is 5.11. The van der Waals surface area contributed by atoms with Gasteiger partial charge in [-0.1, -0.05) is 25.0 Å². The minimum Gasteiger partial charge on any atom is -0.465 e. The predicted octanol–water partition coefficient (Wildman–Crippen LogP) is 2.51. The average Bonchev–Trinajstić information content (AvgIpc) is 2.86. The Labute approximate surface area is 146 Å². The van der Waals surface area contributed by atoms with Crippen LogP contribution in [0.5, 0.6) is 0 Å². The van der Waals surface area contributed by atoms with E-state index in [2.05, 4.69) is 0 Å². The van der Waals surface area contributed by atoms with Gasteiger partial charge in [-0.3, -0.25) is 19.7 Å². The maximum absolute atomic E-state index is 12.8. The number of nitro groups is 1. The van der Waals surface area contributed by atoms with Gasteiger partial charge < -0.3 is 9.47 Å². The summed E-state index contributed by atoms with van der Waals surface area (Å²) >= 11 is 0. The van der Waals surface area contributed by atoms with Crippen molar-refractivity contribution in [2.75, 3.05) is 6.61 Å². The van der Waals surface area contributed by atoms with Crippen LogP contribution in [0.4, 0.5) is 0 Å². The molecule has 2 aliphatic carbocycles. The molecule has 3 rings (SSSR count). The third-order valence-corrected chi connectivity index (χ3v) is 5.84. The molecule has 1 heterocycles. The number of unbranched alkanes of at least 4 members (excludes halogenated alkanes) is 1. The van der Waals surface area contributed by atoms with E-state index >= 15 is 0 Å². The van der Waals surface area contributed by atoms with Crippen LogP contribution in [-0.4, -0.2) is 35.6 Å². The molecule has 0 unspecified atom stereocenters. The van der Waals surface area contributed by atoms with Crippen LogP contribution in [-0.2, 0) is 19.1 Å². The average molecular weight is 351 g/mol. The lowest BCUT2D eigenvalue weighted by atomic mass is 9.62. The largest absolute Gasteiger partial charge is 0.465 e. The minimum absolute atomic E-state index is 0.0801. The number of carbonyl (C=O) groups excluding carboxylic acids is 2. The second-order valence-electron chi connectivity index (χ2n) is 7.36. The van der Waals surface area contributed by atoms with Gasteiger partial charge in [-0.05, 0) is 25.7 Å². The van der Waals surface area contributed by atoms with Crippen LogP contribution >= 0.6 is 0 Å². The van der Waals surface area contributed by atoms with Gasteiger partial charge in [0.25, 0.3) is 0 Å². The molecule has 0 bridgehead atoms. The van der Waals surface area contributed by atoms with E-state index in [1.807, 2.05) is 19.9 Å². The van der Waals surface area contributed by atoms with Crippen molar-refractivity contribution in [3.8, 4) is 0 Å². The molecule has 138 valence electrons. The number of carbonyl (C=O) groups is 2. The van der Waals surface area contributed by atoms with Gasteiger partial charge in [0.15, 0.2) is 0 Å². The van der Waals surface area contributed by atoms with Crippen molar-refractivity contribution in [1.82, 2.24) is 0 Å². The Hall–Kier alpha value is -1.92. The van der Waals surface area contributed by atoms with Gasteiger partial charge in [0, 0.05) is 23.7 Å². The maximum Gasteiger partial charge on any atom is 0.313 e. The fourth-order valence-corrected chi connectivity index (χ4v) is 4.58. The molecule has 1 saturated heterocycles. The van der Waals surface area contributed by atoms with Crippen LogP contribution in [0.1, 0.15) is 46.0 Å². The molecule has 0 radical (unpaired) electrons. The van der Waals surface area contributed by atoms with Crippen molar-refractivity contribution in [3.63, 3.8) is 0 Å². The second kappa shape index (κ2) is 7.14. The quantitative estimate of drug-likeness (QED) is 0.248. The lowest BCUT2D eigenvalue weighted by Gasteiger charge is -2.40. The summed E-state index contributed by atoms with van der Waals surface area (Å²) in [6.45, 7) is 4.21. The number of rotatable bonds is 5. The molecular formula is C18H25NO6. The van der Waals surface area contributed by atoms with Crippen LogP contribution in [0.15, 0.2) is 11.6 Å². The second-order valence-corrected chi connectivity index (χ2v) is 7.36. The van der Waals surface area contributed by atoms with Crippen molar-refractivity contribution < 1.29 is 24.0 Å². The highest BCUT2D eigenvalue weighted by Crippen LogP contribution is 2.50. The molecule has 6 atom stereocenters.